The highest BCUT2D eigenvalue weighted by Gasteiger charge is 2.00. The zero-order chi connectivity index (χ0) is 11.0. The fourth-order valence-electron chi connectivity index (χ4n) is 0.911. The molecule has 0 saturated carbocycles. The van der Waals surface area contributed by atoms with Crippen molar-refractivity contribution in [2.45, 2.75) is 19.4 Å². The maximum Gasteiger partial charge on any atom is 0.503 e. The second-order valence-electron chi connectivity index (χ2n) is 2.62. The van der Waals surface area contributed by atoms with Crippen LogP contribution < -0.4 is 0 Å². The smallest absolute Gasteiger partial charge is 0.450 e. The predicted molar refractivity (Wildman–Crippen MR) is 52.3 cm³/mol. The monoisotopic (exact) mass is 198 g/mol. The van der Waals surface area contributed by atoms with Crippen LogP contribution in [0.3, 0.4) is 0 Å². The number of benzene rings is 1. The molecule has 0 spiro atoms. The standard InChI is InChI=1S/C9H12O.CH2O3/c1-2-9(10)8-6-4-3-5-7-8;2-1(3)4/h3-7,9-10H,2H2,1H3;(H2,2,3,4). The van der Waals surface area contributed by atoms with Crippen LogP contribution in [-0.2, 0) is 0 Å². The van der Waals surface area contributed by atoms with Gasteiger partial charge in [-0.15, -0.1) is 0 Å². The lowest BCUT2D eigenvalue weighted by Gasteiger charge is -2.05. The largest absolute Gasteiger partial charge is 0.503 e. The van der Waals surface area contributed by atoms with Crippen molar-refractivity contribution in [3.8, 4) is 0 Å². The van der Waals surface area contributed by atoms with Crippen LogP contribution in [0, 0.1) is 0 Å². The molecule has 1 aromatic carbocycles. The Morgan fingerprint density at radius 1 is 1.29 bits per heavy atom. The Morgan fingerprint density at radius 3 is 2.07 bits per heavy atom. The first-order chi connectivity index (χ1) is 6.57. The summed E-state index contributed by atoms with van der Waals surface area (Å²) >= 11 is 0. The average molecular weight is 198 g/mol. The van der Waals surface area contributed by atoms with Crippen LogP contribution in [0.4, 0.5) is 4.79 Å². The first-order valence-electron chi connectivity index (χ1n) is 4.22. The molecular weight excluding hydrogens is 184 g/mol. The fourth-order valence-corrected chi connectivity index (χ4v) is 0.911. The van der Waals surface area contributed by atoms with Crippen molar-refractivity contribution in [3.63, 3.8) is 0 Å². The van der Waals surface area contributed by atoms with Gasteiger partial charge in [-0.05, 0) is 12.0 Å². The summed E-state index contributed by atoms with van der Waals surface area (Å²) in [6.07, 6.45) is -1.34. The molecule has 0 radical (unpaired) electrons. The Morgan fingerprint density at radius 2 is 1.71 bits per heavy atom. The molecule has 78 valence electrons. The minimum Gasteiger partial charge on any atom is -0.450 e. The molecule has 4 heteroatoms. The summed E-state index contributed by atoms with van der Waals surface area (Å²) in [5.74, 6) is 0. The summed E-state index contributed by atoms with van der Waals surface area (Å²) < 4.78 is 0. The van der Waals surface area contributed by atoms with Gasteiger partial charge in [0.2, 0.25) is 0 Å². The van der Waals surface area contributed by atoms with Crippen LogP contribution >= 0.6 is 0 Å². The molecule has 0 fully saturated rings. The molecule has 1 unspecified atom stereocenters. The third-order valence-corrected chi connectivity index (χ3v) is 1.57. The lowest BCUT2D eigenvalue weighted by atomic mass is 10.1. The van der Waals surface area contributed by atoms with Gasteiger partial charge in [-0.1, -0.05) is 37.3 Å². The summed E-state index contributed by atoms with van der Waals surface area (Å²) in [4.78, 5) is 8.56. The molecule has 0 heterocycles. The third-order valence-electron chi connectivity index (χ3n) is 1.57. The van der Waals surface area contributed by atoms with E-state index in [2.05, 4.69) is 0 Å². The summed E-state index contributed by atoms with van der Waals surface area (Å²) in [6.45, 7) is 1.97. The van der Waals surface area contributed by atoms with Gasteiger partial charge >= 0.3 is 6.16 Å². The number of carboxylic acid groups (broad SMARTS) is 2. The van der Waals surface area contributed by atoms with Crippen molar-refractivity contribution >= 4 is 6.16 Å². The molecular formula is C10H14O4. The fraction of sp³-hybridized carbons (Fsp3) is 0.300. The second-order valence-corrected chi connectivity index (χ2v) is 2.62. The van der Waals surface area contributed by atoms with Gasteiger partial charge in [0.1, 0.15) is 0 Å². The Kier molecular flexibility index (Phi) is 6.15. The van der Waals surface area contributed by atoms with E-state index >= 15 is 0 Å². The van der Waals surface area contributed by atoms with E-state index in [1.165, 1.54) is 0 Å². The van der Waals surface area contributed by atoms with Gasteiger partial charge in [-0.3, -0.25) is 0 Å². The average Bonchev–Trinajstić information content (AvgIpc) is 2.17. The van der Waals surface area contributed by atoms with Crippen LogP contribution in [0.5, 0.6) is 0 Å². The van der Waals surface area contributed by atoms with Crippen molar-refractivity contribution in [1.29, 1.82) is 0 Å². The SMILES string of the molecule is CCC(O)c1ccccc1.O=C(O)O. The molecule has 1 rings (SSSR count). The maximum atomic E-state index is 9.33. The summed E-state index contributed by atoms with van der Waals surface area (Å²) in [5.41, 5.74) is 1.00. The van der Waals surface area contributed by atoms with E-state index in [9.17, 15) is 5.11 Å². The van der Waals surface area contributed by atoms with Gasteiger partial charge in [0.05, 0.1) is 6.10 Å². The first kappa shape index (κ1) is 12.4. The van der Waals surface area contributed by atoms with Crippen LogP contribution in [0.2, 0.25) is 0 Å². The number of rotatable bonds is 2. The Labute approximate surface area is 82.4 Å². The zero-order valence-corrected chi connectivity index (χ0v) is 7.92. The van der Waals surface area contributed by atoms with Gasteiger partial charge in [0.25, 0.3) is 0 Å². The molecule has 1 aromatic rings. The maximum absolute atomic E-state index is 9.33. The Hall–Kier alpha value is -1.55. The minimum atomic E-state index is -1.83. The first-order valence-corrected chi connectivity index (χ1v) is 4.22. The normalized spacial score (nSPS) is 11.0. The van der Waals surface area contributed by atoms with Crippen molar-refractivity contribution in [2.24, 2.45) is 0 Å². The van der Waals surface area contributed by atoms with Crippen LogP contribution in [0.15, 0.2) is 30.3 Å². The van der Waals surface area contributed by atoms with E-state index in [1.807, 2.05) is 37.3 Å². The van der Waals surface area contributed by atoms with Gasteiger partial charge in [-0.2, -0.15) is 0 Å². The summed E-state index contributed by atoms with van der Waals surface area (Å²) in [5, 5.41) is 23.3. The molecule has 0 saturated heterocycles. The number of aliphatic hydroxyl groups excluding tert-OH is 1. The van der Waals surface area contributed by atoms with Crippen LogP contribution in [0.25, 0.3) is 0 Å². The Balaban J connectivity index is 0.000000364. The molecule has 0 aliphatic carbocycles. The molecule has 4 nitrogen and oxygen atoms in total. The van der Waals surface area contributed by atoms with Crippen molar-refractivity contribution in [3.05, 3.63) is 35.9 Å². The van der Waals surface area contributed by atoms with E-state index in [4.69, 9.17) is 15.0 Å². The van der Waals surface area contributed by atoms with Crippen LogP contribution in [0.1, 0.15) is 25.0 Å². The van der Waals surface area contributed by atoms with Crippen molar-refractivity contribution < 1.29 is 20.1 Å². The zero-order valence-electron chi connectivity index (χ0n) is 7.92. The number of carbonyl (C=O) groups is 1. The van der Waals surface area contributed by atoms with Crippen LogP contribution in [-0.4, -0.2) is 21.5 Å². The van der Waals surface area contributed by atoms with Gasteiger partial charge in [0, 0.05) is 0 Å². The van der Waals surface area contributed by atoms with Crippen molar-refractivity contribution in [2.75, 3.05) is 0 Å². The molecule has 0 aliphatic heterocycles. The highest BCUT2D eigenvalue weighted by molar-refractivity contribution is 5.53. The number of hydrogen-bond donors (Lipinski definition) is 3. The summed E-state index contributed by atoms with van der Waals surface area (Å²) in [6, 6.07) is 9.70. The summed E-state index contributed by atoms with van der Waals surface area (Å²) in [7, 11) is 0. The quantitative estimate of drug-likeness (QED) is 0.681. The molecule has 0 aliphatic rings. The Bertz CT molecular complexity index is 254. The van der Waals surface area contributed by atoms with Gasteiger partial charge in [-0.25, -0.2) is 4.79 Å². The minimum absolute atomic E-state index is 0.291. The van der Waals surface area contributed by atoms with Gasteiger partial charge < -0.3 is 15.3 Å². The lowest BCUT2D eigenvalue weighted by molar-refractivity contribution is 0.137. The molecule has 0 amide bonds. The lowest BCUT2D eigenvalue weighted by Crippen LogP contribution is -1.93. The number of aliphatic hydroxyl groups is 1. The third kappa shape index (κ3) is 6.02. The van der Waals surface area contributed by atoms with E-state index in [0.29, 0.717) is 0 Å². The van der Waals surface area contributed by atoms with Gasteiger partial charge in [0.15, 0.2) is 0 Å². The highest BCUT2D eigenvalue weighted by Crippen LogP contribution is 2.14. The van der Waals surface area contributed by atoms with E-state index in [-0.39, 0.29) is 6.10 Å². The second kappa shape index (κ2) is 6.91. The van der Waals surface area contributed by atoms with E-state index < -0.39 is 6.16 Å². The van der Waals surface area contributed by atoms with Crippen molar-refractivity contribution in [1.82, 2.24) is 0 Å². The molecule has 1 atom stereocenters. The molecule has 3 N–H and O–H groups in total. The molecule has 0 aromatic heterocycles. The molecule has 14 heavy (non-hydrogen) atoms. The topological polar surface area (TPSA) is 77.8 Å². The molecule has 0 bridgehead atoms. The number of hydrogen-bond acceptors (Lipinski definition) is 2. The predicted octanol–water partition coefficient (Wildman–Crippen LogP) is 2.35. The van der Waals surface area contributed by atoms with E-state index in [1.54, 1.807) is 0 Å². The van der Waals surface area contributed by atoms with E-state index in [0.717, 1.165) is 12.0 Å². The highest BCUT2D eigenvalue weighted by atomic mass is 16.6.